The molecule has 0 atom stereocenters. The Kier molecular flexibility index (Phi) is 3.44. The molecule has 1 rings (SSSR count). The summed E-state index contributed by atoms with van der Waals surface area (Å²) in [6, 6.07) is 0.928. The molecule has 0 unspecified atom stereocenters. The molecule has 0 amide bonds. The highest BCUT2D eigenvalue weighted by Crippen LogP contribution is 2.35. The zero-order valence-electron chi connectivity index (χ0n) is 8.02. The summed E-state index contributed by atoms with van der Waals surface area (Å²) >= 11 is 0. The summed E-state index contributed by atoms with van der Waals surface area (Å²) < 4.78 is 29.5. The Morgan fingerprint density at radius 2 is 2.25 bits per heavy atom. The third-order valence-electron chi connectivity index (χ3n) is 1.73. The summed E-state index contributed by atoms with van der Waals surface area (Å²) in [6.07, 6.45) is -2.95. The maximum absolute atomic E-state index is 12.5. The number of aldehydes is 1. The fourth-order valence-electron chi connectivity index (χ4n) is 1.10. The van der Waals surface area contributed by atoms with Crippen molar-refractivity contribution in [1.29, 1.82) is 0 Å². The second-order valence-electron chi connectivity index (χ2n) is 2.66. The molecule has 0 aliphatic rings. The van der Waals surface area contributed by atoms with Gasteiger partial charge in [0.15, 0.2) is 12.0 Å². The summed E-state index contributed by atoms with van der Waals surface area (Å²) in [4.78, 5) is 23.1. The number of rotatable bonds is 4. The number of halogens is 2. The summed E-state index contributed by atoms with van der Waals surface area (Å²) in [5, 5.41) is 10.6. The Morgan fingerprint density at radius 1 is 1.62 bits per heavy atom. The summed E-state index contributed by atoms with van der Waals surface area (Å²) in [6.45, 7) is 0. The Morgan fingerprint density at radius 3 is 2.62 bits per heavy atom. The Labute approximate surface area is 88.0 Å². The third-order valence-corrected chi connectivity index (χ3v) is 1.73. The number of pyridine rings is 1. The number of aromatic nitrogens is 1. The largest absolute Gasteiger partial charge is 0.490 e. The molecule has 1 heterocycles. The molecule has 0 fully saturated rings. The van der Waals surface area contributed by atoms with Crippen LogP contribution in [0.25, 0.3) is 0 Å². The van der Waals surface area contributed by atoms with Crippen LogP contribution in [0, 0.1) is 10.1 Å². The number of nitrogens with zero attached hydrogens (tertiary/aromatic N) is 2. The summed E-state index contributed by atoms with van der Waals surface area (Å²) in [5.41, 5.74) is -2.35. The van der Waals surface area contributed by atoms with Crippen molar-refractivity contribution in [2.45, 2.75) is 6.43 Å². The lowest BCUT2D eigenvalue weighted by Crippen LogP contribution is -2.04. The van der Waals surface area contributed by atoms with Crippen LogP contribution in [-0.4, -0.2) is 23.3 Å². The fourth-order valence-corrected chi connectivity index (χ4v) is 1.10. The van der Waals surface area contributed by atoms with Crippen molar-refractivity contribution < 1.29 is 23.2 Å². The predicted molar refractivity (Wildman–Crippen MR) is 47.8 cm³/mol. The third kappa shape index (κ3) is 2.10. The highest BCUT2D eigenvalue weighted by atomic mass is 19.3. The number of ether oxygens (including phenoxy) is 1. The number of carbonyl (C=O) groups excluding carboxylic acids is 1. The second-order valence-corrected chi connectivity index (χ2v) is 2.66. The van der Waals surface area contributed by atoms with Gasteiger partial charge in [-0.2, -0.15) is 0 Å². The molecule has 1 aromatic heterocycles. The summed E-state index contributed by atoms with van der Waals surface area (Å²) in [7, 11) is 1.08. The van der Waals surface area contributed by atoms with Crippen LogP contribution in [0.15, 0.2) is 6.07 Å². The molecule has 16 heavy (non-hydrogen) atoms. The van der Waals surface area contributed by atoms with E-state index in [9.17, 15) is 23.7 Å². The van der Waals surface area contributed by atoms with Crippen LogP contribution in [0.2, 0.25) is 0 Å². The van der Waals surface area contributed by atoms with Gasteiger partial charge < -0.3 is 4.74 Å². The Hall–Kier alpha value is -2.12. The number of hydrogen-bond donors (Lipinski definition) is 0. The lowest BCUT2D eigenvalue weighted by atomic mass is 10.2. The van der Waals surface area contributed by atoms with Gasteiger partial charge in [-0.25, -0.2) is 13.8 Å². The van der Waals surface area contributed by atoms with E-state index in [1.54, 1.807) is 0 Å². The number of carbonyl (C=O) groups is 1. The van der Waals surface area contributed by atoms with Gasteiger partial charge in [-0.1, -0.05) is 0 Å². The van der Waals surface area contributed by atoms with E-state index in [1.807, 2.05) is 0 Å². The van der Waals surface area contributed by atoms with E-state index in [0.29, 0.717) is 0 Å². The normalized spacial score (nSPS) is 10.2. The van der Waals surface area contributed by atoms with E-state index in [1.165, 1.54) is 0 Å². The van der Waals surface area contributed by atoms with Gasteiger partial charge in [-0.05, 0) is 0 Å². The maximum atomic E-state index is 12.5. The van der Waals surface area contributed by atoms with Gasteiger partial charge in [0.05, 0.1) is 12.0 Å². The molecule has 0 radical (unpaired) electrons. The molecule has 0 aromatic carbocycles. The first-order valence-corrected chi connectivity index (χ1v) is 3.98. The van der Waals surface area contributed by atoms with E-state index < -0.39 is 28.5 Å². The topological polar surface area (TPSA) is 82.3 Å². The molecule has 0 saturated heterocycles. The fraction of sp³-hybridized carbons (Fsp3) is 0.250. The molecule has 0 spiro atoms. The molecule has 8 heteroatoms. The zero-order chi connectivity index (χ0) is 12.3. The second kappa shape index (κ2) is 4.60. The molecule has 0 saturated carbocycles. The number of alkyl halides is 2. The van der Waals surface area contributed by atoms with Gasteiger partial charge in [-0.15, -0.1) is 0 Å². The van der Waals surface area contributed by atoms with Crippen LogP contribution in [-0.2, 0) is 0 Å². The highest BCUT2D eigenvalue weighted by Gasteiger charge is 2.29. The molecular formula is C8H6F2N2O4. The minimum atomic E-state index is -3.16. The molecule has 0 aliphatic carbocycles. The molecular weight excluding hydrogens is 226 g/mol. The molecule has 6 nitrogen and oxygen atoms in total. The van der Waals surface area contributed by atoms with E-state index in [-0.39, 0.29) is 12.0 Å². The SMILES string of the molecule is COc1cc(C=O)nc(C(F)F)c1[N+](=O)[O-]. The van der Waals surface area contributed by atoms with Crippen molar-refractivity contribution in [2.24, 2.45) is 0 Å². The van der Waals surface area contributed by atoms with Crippen molar-refractivity contribution in [3.63, 3.8) is 0 Å². The molecule has 0 N–H and O–H groups in total. The average molecular weight is 232 g/mol. The average Bonchev–Trinajstić information content (AvgIpc) is 2.26. The zero-order valence-corrected chi connectivity index (χ0v) is 8.02. The molecule has 0 bridgehead atoms. The van der Waals surface area contributed by atoms with Crippen molar-refractivity contribution in [3.05, 3.63) is 27.6 Å². The minimum absolute atomic E-state index is 0.206. The van der Waals surface area contributed by atoms with Crippen molar-refractivity contribution in [3.8, 4) is 5.75 Å². The molecule has 0 aliphatic heterocycles. The van der Waals surface area contributed by atoms with E-state index in [4.69, 9.17) is 0 Å². The van der Waals surface area contributed by atoms with Gasteiger partial charge in [0.2, 0.25) is 5.75 Å². The standard InChI is InChI=1S/C8H6F2N2O4/c1-16-5-2-4(3-13)11-6(8(9)10)7(5)12(14)15/h2-3,8H,1H3. The van der Waals surface area contributed by atoms with Crippen LogP contribution in [0.5, 0.6) is 5.75 Å². The van der Waals surface area contributed by atoms with E-state index in [0.717, 1.165) is 13.2 Å². The monoisotopic (exact) mass is 232 g/mol. The number of methoxy groups -OCH3 is 1. The van der Waals surface area contributed by atoms with Gasteiger partial charge in [0.25, 0.3) is 6.43 Å². The Bertz CT molecular complexity index is 436. The Balaban J connectivity index is 3.53. The van der Waals surface area contributed by atoms with Gasteiger partial charge in [0.1, 0.15) is 5.69 Å². The quantitative estimate of drug-likeness (QED) is 0.448. The lowest BCUT2D eigenvalue weighted by Gasteiger charge is -2.06. The van der Waals surface area contributed by atoms with Gasteiger partial charge in [-0.3, -0.25) is 14.9 Å². The predicted octanol–water partition coefficient (Wildman–Crippen LogP) is 1.75. The van der Waals surface area contributed by atoms with E-state index >= 15 is 0 Å². The number of nitro groups is 1. The first kappa shape index (κ1) is 12.0. The van der Waals surface area contributed by atoms with Crippen LogP contribution in [0.4, 0.5) is 14.5 Å². The van der Waals surface area contributed by atoms with Crippen LogP contribution in [0.3, 0.4) is 0 Å². The van der Waals surface area contributed by atoms with Gasteiger partial charge in [0, 0.05) is 6.07 Å². The van der Waals surface area contributed by atoms with E-state index in [2.05, 4.69) is 9.72 Å². The van der Waals surface area contributed by atoms with Crippen LogP contribution < -0.4 is 4.74 Å². The molecule has 1 aromatic rings. The van der Waals surface area contributed by atoms with Crippen molar-refractivity contribution in [1.82, 2.24) is 4.98 Å². The maximum Gasteiger partial charge on any atom is 0.338 e. The molecule has 86 valence electrons. The first-order chi connectivity index (χ1) is 7.51. The summed E-state index contributed by atoms with van der Waals surface area (Å²) in [5.74, 6) is -0.419. The smallest absolute Gasteiger partial charge is 0.338 e. The van der Waals surface area contributed by atoms with Crippen LogP contribution >= 0.6 is 0 Å². The van der Waals surface area contributed by atoms with Crippen molar-refractivity contribution in [2.75, 3.05) is 7.11 Å². The van der Waals surface area contributed by atoms with Crippen molar-refractivity contribution >= 4 is 12.0 Å². The first-order valence-electron chi connectivity index (χ1n) is 3.98. The number of hydrogen-bond acceptors (Lipinski definition) is 5. The minimum Gasteiger partial charge on any atom is -0.490 e. The lowest BCUT2D eigenvalue weighted by molar-refractivity contribution is -0.387. The van der Waals surface area contributed by atoms with Gasteiger partial charge >= 0.3 is 5.69 Å². The van der Waals surface area contributed by atoms with Crippen LogP contribution in [0.1, 0.15) is 22.6 Å². The highest BCUT2D eigenvalue weighted by molar-refractivity contribution is 5.74.